The molecule has 3 aliphatic rings. The fourth-order valence-electron chi connectivity index (χ4n) is 2.59. The maximum atomic E-state index is 2.52. The topological polar surface area (TPSA) is 0 Å². The van der Waals surface area contributed by atoms with E-state index in [2.05, 4.69) is 42.5 Å². The van der Waals surface area contributed by atoms with Gasteiger partial charge in [0.25, 0.3) is 0 Å². The van der Waals surface area contributed by atoms with Crippen LogP contribution in [0.5, 0.6) is 0 Å². The minimum Gasteiger partial charge on any atom is -1.00 e. The van der Waals surface area contributed by atoms with E-state index in [1.54, 1.807) is 3.28 Å². The number of fused-ring (bicyclic) bond motifs is 2. The Morgan fingerprint density at radius 1 is 1.19 bits per heavy atom. The quantitative estimate of drug-likeness (QED) is 0.496. The Morgan fingerprint density at radius 3 is 2.81 bits per heavy atom. The number of rotatable bonds is 2. The Labute approximate surface area is 121 Å². The second-order valence-electron chi connectivity index (χ2n) is 4.45. The molecule has 0 radical (unpaired) electrons. The van der Waals surface area contributed by atoms with Crippen molar-refractivity contribution >= 4 is 0 Å². The minimum atomic E-state index is -0.398. The molecule has 2 atom stereocenters. The van der Waals surface area contributed by atoms with Crippen molar-refractivity contribution in [1.82, 2.24) is 0 Å². The Hall–Kier alpha value is 0.423. The third-order valence-corrected chi connectivity index (χ3v) is 7.45. The van der Waals surface area contributed by atoms with Gasteiger partial charge in [0.15, 0.2) is 0 Å². The third kappa shape index (κ3) is 2.81. The SMILES string of the molecule is C1=CC[C]([Zr+2][C]23C=CCC(C=C2)C3)=C1.[Cl-].[Cl-]. The van der Waals surface area contributed by atoms with Crippen molar-refractivity contribution in [3.8, 4) is 0 Å². The fourth-order valence-corrected chi connectivity index (χ4v) is 6.87. The Kier molecular flexibility index (Phi) is 5.29. The van der Waals surface area contributed by atoms with Gasteiger partial charge >= 0.3 is 97.4 Å². The van der Waals surface area contributed by atoms with E-state index >= 15 is 0 Å². The van der Waals surface area contributed by atoms with Crippen LogP contribution in [0.25, 0.3) is 0 Å². The van der Waals surface area contributed by atoms with Gasteiger partial charge in [-0.05, 0) is 0 Å². The molecule has 0 saturated heterocycles. The molecule has 84 valence electrons. The summed E-state index contributed by atoms with van der Waals surface area (Å²) in [6, 6.07) is 0. The Balaban J connectivity index is 0.000000640. The maximum Gasteiger partial charge on any atom is -1.00 e. The summed E-state index contributed by atoms with van der Waals surface area (Å²) in [6.45, 7) is 0. The second kappa shape index (κ2) is 5.85. The molecule has 3 rings (SSSR count). The molecule has 0 amide bonds. The van der Waals surface area contributed by atoms with Gasteiger partial charge in [-0.3, -0.25) is 0 Å². The number of halogens is 2. The van der Waals surface area contributed by atoms with Gasteiger partial charge in [0, 0.05) is 0 Å². The van der Waals surface area contributed by atoms with Gasteiger partial charge in [0.1, 0.15) is 0 Å². The number of hydrogen-bond donors (Lipinski definition) is 0. The number of allylic oxidation sites excluding steroid dienone is 8. The van der Waals surface area contributed by atoms with E-state index in [1.807, 2.05) is 0 Å². The zero-order valence-corrected chi connectivity index (χ0v) is 13.0. The van der Waals surface area contributed by atoms with Gasteiger partial charge in [-0.2, -0.15) is 0 Å². The van der Waals surface area contributed by atoms with Crippen molar-refractivity contribution < 1.29 is 48.0 Å². The molecule has 2 unspecified atom stereocenters. The van der Waals surface area contributed by atoms with Crippen LogP contribution in [-0.4, -0.2) is 0 Å². The molecule has 0 spiro atoms. The van der Waals surface area contributed by atoms with E-state index < -0.39 is 23.2 Å². The monoisotopic (exact) mass is 330 g/mol. The van der Waals surface area contributed by atoms with E-state index in [9.17, 15) is 0 Å². The first kappa shape index (κ1) is 14.5. The van der Waals surface area contributed by atoms with Crippen LogP contribution < -0.4 is 24.8 Å². The van der Waals surface area contributed by atoms with Crippen LogP contribution in [-0.2, 0) is 23.2 Å². The summed E-state index contributed by atoms with van der Waals surface area (Å²) in [5.41, 5.74) is 0. The fraction of sp³-hybridized carbons (Fsp3) is 0.385. The van der Waals surface area contributed by atoms with Crippen LogP contribution in [0.4, 0.5) is 0 Å². The van der Waals surface area contributed by atoms with Crippen molar-refractivity contribution in [3.63, 3.8) is 0 Å². The largest absolute Gasteiger partial charge is 1.00 e. The van der Waals surface area contributed by atoms with E-state index in [1.165, 1.54) is 19.3 Å². The van der Waals surface area contributed by atoms with Crippen LogP contribution >= 0.6 is 0 Å². The minimum absolute atomic E-state index is 0. The van der Waals surface area contributed by atoms with Gasteiger partial charge in [-0.1, -0.05) is 0 Å². The average molecular weight is 332 g/mol. The molecule has 0 heterocycles. The molecule has 16 heavy (non-hydrogen) atoms. The molecule has 0 aromatic rings. The average Bonchev–Trinajstić information content (AvgIpc) is 2.76. The van der Waals surface area contributed by atoms with Crippen LogP contribution in [0.2, 0.25) is 3.12 Å². The first-order valence-corrected chi connectivity index (χ1v) is 7.83. The van der Waals surface area contributed by atoms with Crippen molar-refractivity contribution in [2.75, 3.05) is 0 Å². The van der Waals surface area contributed by atoms with Gasteiger partial charge in [0.2, 0.25) is 0 Å². The summed E-state index contributed by atoms with van der Waals surface area (Å²) >= 11 is -0.398. The maximum absolute atomic E-state index is 2.52. The zero-order chi connectivity index (χ0) is 9.43. The summed E-state index contributed by atoms with van der Waals surface area (Å²) in [5.74, 6) is 0.871. The Bertz CT molecular complexity index is 364. The van der Waals surface area contributed by atoms with Crippen molar-refractivity contribution in [1.29, 1.82) is 0 Å². The molecule has 2 bridgehead atoms. The standard InChI is InChI=1S/C8H9.C5H5.2ClH.Zr/c1-2-7-4-5-8(3-1)6-7;1-2-4-5-3-1;;;/h1-2,4-5,8H,3,6H2;1-3H,4H2;2*1H;/q;;;;+2/p-2. The summed E-state index contributed by atoms with van der Waals surface area (Å²) in [5, 5.41) is 0. The van der Waals surface area contributed by atoms with Crippen LogP contribution in [0.15, 0.2) is 45.8 Å². The van der Waals surface area contributed by atoms with Crippen LogP contribution in [0.3, 0.4) is 0 Å². The summed E-state index contributed by atoms with van der Waals surface area (Å²) in [7, 11) is 0. The smallest absolute Gasteiger partial charge is 1.00 e. The molecule has 3 aliphatic carbocycles. The molecular weight excluding hydrogens is 318 g/mol. The molecule has 0 N–H and O–H groups in total. The predicted molar refractivity (Wildman–Crippen MR) is 55.5 cm³/mol. The second-order valence-corrected chi connectivity index (χ2v) is 8.93. The van der Waals surface area contributed by atoms with E-state index in [0.717, 1.165) is 5.92 Å². The molecule has 0 nitrogen and oxygen atoms in total. The first-order valence-electron chi connectivity index (χ1n) is 5.37. The molecule has 0 aliphatic heterocycles. The number of hydrogen-bond acceptors (Lipinski definition) is 0. The molecular formula is C13H14Cl2Zr. The van der Waals surface area contributed by atoms with E-state index in [0.29, 0.717) is 3.12 Å². The summed E-state index contributed by atoms with van der Waals surface area (Å²) in [4.78, 5) is 0. The molecule has 0 saturated carbocycles. The van der Waals surface area contributed by atoms with Crippen LogP contribution in [0, 0.1) is 5.92 Å². The van der Waals surface area contributed by atoms with E-state index in [-0.39, 0.29) is 24.8 Å². The van der Waals surface area contributed by atoms with Gasteiger partial charge in [-0.25, -0.2) is 0 Å². The molecule has 0 fully saturated rings. The molecule has 0 aromatic carbocycles. The predicted octanol–water partition coefficient (Wildman–Crippen LogP) is -2.38. The Morgan fingerprint density at radius 2 is 2.06 bits per heavy atom. The van der Waals surface area contributed by atoms with E-state index in [4.69, 9.17) is 0 Å². The van der Waals surface area contributed by atoms with Gasteiger partial charge in [0.05, 0.1) is 0 Å². The van der Waals surface area contributed by atoms with Crippen molar-refractivity contribution in [2.24, 2.45) is 5.92 Å². The van der Waals surface area contributed by atoms with Gasteiger partial charge in [-0.15, -0.1) is 0 Å². The normalized spacial score (nSPS) is 32.8. The zero-order valence-electron chi connectivity index (χ0n) is 9.00. The summed E-state index contributed by atoms with van der Waals surface area (Å²) in [6.07, 6.45) is 20.8. The van der Waals surface area contributed by atoms with Crippen molar-refractivity contribution in [2.45, 2.75) is 22.4 Å². The van der Waals surface area contributed by atoms with Crippen LogP contribution in [0.1, 0.15) is 19.3 Å². The summed E-state index contributed by atoms with van der Waals surface area (Å²) < 4.78 is 2.33. The third-order valence-electron chi connectivity index (χ3n) is 3.28. The first-order chi connectivity index (χ1) is 6.86. The molecule has 0 aromatic heterocycles. The van der Waals surface area contributed by atoms with Crippen molar-refractivity contribution in [3.05, 3.63) is 45.8 Å². The molecule has 3 heteroatoms. The van der Waals surface area contributed by atoms with Gasteiger partial charge < -0.3 is 24.8 Å².